The van der Waals surface area contributed by atoms with Gasteiger partial charge in [0.1, 0.15) is 0 Å². The molecule has 0 spiro atoms. The summed E-state index contributed by atoms with van der Waals surface area (Å²) in [6.45, 7) is 3.73. The van der Waals surface area contributed by atoms with Gasteiger partial charge >= 0.3 is 0 Å². The Morgan fingerprint density at radius 2 is 1.88 bits per heavy atom. The second-order valence-electron chi connectivity index (χ2n) is 11.3. The van der Waals surface area contributed by atoms with Crippen LogP contribution in [0.3, 0.4) is 0 Å². The summed E-state index contributed by atoms with van der Waals surface area (Å²) < 4.78 is 0. The van der Waals surface area contributed by atoms with Crippen LogP contribution in [0.15, 0.2) is 78.9 Å². The molecular weight excluding hydrogens is 532 g/mol. The third-order valence-electron chi connectivity index (χ3n) is 7.74. The molecule has 1 saturated carbocycles. The van der Waals surface area contributed by atoms with Gasteiger partial charge in [-0.3, -0.25) is 0 Å². The Labute approximate surface area is 246 Å². The highest BCUT2D eigenvalue weighted by atomic mass is 35.5. The molecule has 0 amide bonds. The van der Waals surface area contributed by atoms with E-state index in [9.17, 15) is 5.11 Å². The van der Waals surface area contributed by atoms with Crippen molar-refractivity contribution in [2.24, 2.45) is 11.8 Å². The molecule has 5 rings (SSSR count). The van der Waals surface area contributed by atoms with Gasteiger partial charge in [-0.05, 0) is 96.6 Å². The van der Waals surface area contributed by atoms with Gasteiger partial charge in [0.2, 0.25) is 0 Å². The second-order valence-corrected chi connectivity index (χ2v) is 12.8. The molecule has 1 N–H and O–H groups in total. The number of pyridine rings is 1. The summed E-state index contributed by atoms with van der Waals surface area (Å²) in [6.07, 6.45) is 7.02. The van der Waals surface area contributed by atoms with Crippen LogP contribution in [-0.2, 0) is 5.60 Å². The minimum absolute atomic E-state index is 0.165. The number of halogens is 1. The minimum Gasteiger partial charge on any atom is -0.386 e. The molecule has 3 unspecified atom stereocenters. The van der Waals surface area contributed by atoms with E-state index in [1.54, 1.807) is 0 Å². The molecule has 5 heteroatoms. The number of aliphatic hydroxyl groups is 1. The normalized spacial score (nSPS) is 17.7. The standard InChI is InChI=1S/C35H35ClN2OS/c1-35(2,39)33-9-4-3-8-32(33)31(17-19-40-23-28-21-26(28)16-18-37)27-7-5-6-24(20-27)10-14-30-15-12-25-11-13-29(36)22-34(25)38-30/h3-15,20,22,26,28,31,39H,16-17,19,21,23H2,1-2H3/b14-10+. The number of hydrogen-bond donors (Lipinski definition) is 1. The zero-order chi connectivity index (χ0) is 28.1. The monoisotopic (exact) mass is 566 g/mol. The van der Waals surface area contributed by atoms with E-state index in [2.05, 4.69) is 54.6 Å². The first-order valence-corrected chi connectivity index (χ1v) is 15.5. The maximum Gasteiger partial charge on any atom is 0.0843 e. The summed E-state index contributed by atoms with van der Waals surface area (Å²) in [5.74, 6) is 3.61. The fourth-order valence-corrected chi connectivity index (χ4v) is 6.88. The zero-order valence-electron chi connectivity index (χ0n) is 23.1. The van der Waals surface area contributed by atoms with Crippen LogP contribution in [0, 0.1) is 23.2 Å². The lowest BCUT2D eigenvalue weighted by Gasteiger charge is -2.27. The molecule has 0 saturated heterocycles. The Kier molecular flexibility index (Phi) is 8.96. The fraction of sp³-hybridized carbons (Fsp3) is 0.314. The highest BCUT2D eigenvalue weighted by Gasteiger charge is 2.36. The van der Waals surface area contributed by atoms with Crippen molar-refractivity contribution in [1.29, 1.82) is 5.26 Å². The van der Waals surface area contributed by atoms with Crippen molar-refractivity contribution in [1.82, 2.24) is 4.98 Å². The van der Waals surface area contributed by atoms with Gasteiger partial charge in [0.05, 0.1) is 22.9 Å². The molecular formula is C35H35ClN2OS. The summed E-state index contributed by atoms with van der Waals surface area (Å²) in [5, 5.41) is 21.7. The van der Waals surface area contributed by atoms with Crippen molar-refractivity contribution < 1.29 is 5.11 Å². The van der Waals surface area contributed by atoms with E-state index in [0.717, 1.165) is 45.7 Å². The van der Waals surface area contributed by atoms with Crippen LogP contribution in [0.4, 0.5) is 0 Å². The quantitative estimate of drug-likeness (QED) is 0.184. The zero-order valence-corrected chi connectivity index (χ0v) is 24.6. The number of nitriles is 1. The van der Waals surface area contributed by atoms with Crippen molar-refractivity contribution in [2.45, 2.75) is 44.6 Å². The topological polar surface area (TPSA) is 56.9 Å². The molecule has 1 aliphatic carbocycles. The van der Waals surface area contributed by atoms with E-state index in [1.807, 2.05) is 68.1 Å². The Hall–Kier alpha value is -3.10. The minimum atomic E-state index is -0.928. The molecule has 0 aliphatic heterocycles. The van der Waals surface area contributed by atoms with E-state index in [0.29, 0.717) is 23.3 Å². The van der Waals surface area contributed by atoms with E-state index in [1.165, 1.54) is 17.5 Å². The highest BCUT2D eigenvalue weighted by molar-refractivity contribution is 7.99. The number of thioether (sulfide) groups is 1. The number of aromatic nitrogens is 1. The lowest BCUT2D eigenvalue weighted by Crippen LogP contribution is -2.20. The highest BCUT2D eigenvalue weighted by Crippen LogP contribution is 2.44. The molecule has 0 bridgehead atoms. The summed E-state index contributed by atoms with van der Waals surface area (Å²) in [4.78, 5) is 4.76. The van der Waals surface area contributed by atoms with Crippen LogP contribution >= 0.6 is 23.4 Å². The number of nitrogens with zero attached hydrogens (tertiary/aromatic N) is 2. The average Bonchev–Trinajstić information content (AvgIpc) is 3.69. The molecule has 1 aliphatic rings. The van der Waals surface area contributed by atoms with E-state index < -0.39 is 5.60 Å². The second kappa shape index (κ2) is 12.6. The van der Waals surface area contributed by atoms with Gasteiger partial charge in [-0.15, -0.1) is 0 Å². The van der Waals surface area contributed by atoms with Gasteiger partial charge in [-0.25, -0.2) is 4.98 Å². The maximum absolute atomic E-state index is 11.0. The third-order valence-corrected chi connectivity index (χ3v) is 9.16. The van der Waals surface area contributed by atoms with E-state index >= 15 is 0 Å². The van der Waals surface area contributed by atoms with Gasteiger partial charge < -0.3 is 5.11 Å². The molecule has 40 heavy (non-hydrogen) atoms. The molecule has 3 atom stereocenters. The Morgan fingerprint density at radius 3 is 2.70 bits per heavy atom. The molecule has 0 radical (unpaired) electrons. The fourth-order valence-electron chi connectivity index (χ4n) is 5.44. The lowest BCUT2D eigenvalue weighted by atomic mass is 9.81. The smallest absolute Gasteiger partial charge is 0.0843 e. The summed E-state index contributed by atoms with van der Waals surface area (Å²) in [7, 11) is 0. The molecule has 1 aromatic heterocycles. The molecule has 4 aromatic rings. The Morgan fingerprint density at radius 1 is 1.05 bits per heavy atom. The molecule has 1 fully saturated rings. The van der Waals surface area contributed by atoms with Crippen molar-refractivity contribution in [3.8, 4) is 6.07 Å². The van der Waals surface area contributed by atoms with Crippen molar-refractivity contribution >= 4 is 46.4 Å². The van der Waals surface area contributed by atoms with Gasteiger partial charge in [0.15, 0.2) is 0 Å². The number of benzene rings is 3. The van der Waals surface area contributed by atoms with Gasteiger partial charge in [-0.2, -0.15) is 17.0 Å². The first-order chi connectivity index (χ1) is 19.3. The first kappa shape index (κ1) is 28.4. The summed E-state index contributed by atoms with van der Waals surface area (Å²) in [6, 6.07) is 29.2. The Balaban J connectivity index is 1.38. The SMILES string of the molecule is CC(C)(O)c1ccccc1C(CCSCC1CC1CC#N)c1cccc(/C=C/c2ccc3ccc(Cl)cc3n2)c1. The number of rotatable bonds is 11. The van der Waals surface area contributed by atoms with Crippen LogP contribution in [0.25, 0.3) is 23.1 Å². The van der Waals surface area contributed by atoms with Crippen LogP contribution in [0.5, 0.6) is 0 Å². The van der Waals surface area contributed by atoms with Crippen LogP contribution in [0.2, 0.25) is 5.02 Å². The van der Waals surface area contributed by atoms with Crippen molar-refractivity contribution in [3.05, 3.63) is 112 Å². The average molecular weight is 567 g/mol. The van der Waals surface area contributed by atoms with Gasteiger partial charge in [0, 0.05) is 22.7 Å². The maximum atomic E-state index is 11.0. The summed E-state index contributed by atoms with van der Waals surface area (Å²) in [5.41, 5.74) is 5.35. The first-order valence-electron chi connectivity index (χ1n) is 13.9. The largest absolute Gasteiger partial charge is 0.386 e. The lowest BCUT2D eigenvalue weighted by molar-refractivity contribution is 0.0773. The van der Waals surface area contributed by atoms with Crippen LogP contribution in [0.1, 0.15) is 67.0 Å². The van der Waals surface area contributed by atoms with Gasteiger partial charge in [0.25, 0.3) is 0 Å². The molecule has 3 nitrogen and oxygen atoms in total. The van der Waals surface area contributed by atoms with Gasteiger partial charge in [-0.1, -0.05) is 78.3 Å². The van der Waals surface area contributed by atoms with E-state index in [4.69, 9.17) is 21.8 Å². The molecule has 1 heterocycles. The van der Waals surface area contributed by atoms with Crippen molar-refractivity contribution in [3.63, 3.8) is 0 Å². The van der Waals surface area contributed by atoms with Crippen molar-refractivity contribution in [2.75, 3.05) is 11.5 Å². The van der Waals surface area contributed by atoms with E-state index in [-0.39, 0.29) is 5.92 Å². The number of hydrogen-bond acceptors (Lipinski definition) is 4. The van der Waals surface area contributed by atoms with Crippen LogP contribution < -0.4 is 0 Å². The number of fused-ring (bicyclic) bond motifs is 1. The molecule has 204 valence electrons. The molecule has 3 aromatic carbocycles. The third kappa shape index (κ3) is 7.15. The van der Waals surface area contributed by atoms with Crippen LogP contribution in [-0.4, -0.2) is 21.6 Å². The predicted octanol–water partition coefficient (Wildman–Crippen LogP) is 9.09. The Bertz CT molecular complexity index is 1550. The summed E-state index contributed by atoms with van der Waals surface area (Å²) >= 11 is 8.17. The predicted molar refractivity (Wildman–Crippen MR) is 169 cm³/mol.